The summed E-state index contributed by atoms with van der Waals surface area (Å²) in [6.07, 6.45) is 7.43. The van der Waals surface area contributed by atoms with Gasteiger partial charge in [0, 0.05) is 44.7 Å². The zero-order chi connectivity index (χ0) is 25.1. The topological polar surface area (TPSA) is 44.8 Å². The van der Waals surface area contributed by atoms with Crippen molar-refractivity contribution in [2.75, 3.05) is 39.3 Å². The second kappa shape index (κ2) is 13.8. The molecule has 1 atom stereocenters. The molecular formula is C32H45Cl2N3O2. The molecule has 7 heteroatoms. The summed E-state index contributed by atoms with van der Waals surface area (Å²) in [5, 5.41) is 3.54. The molecule has 2 aromatic rings. The lowest BCUT2D eigenvalue weighted by Gasteiger charge is -2.56. The van der Waals surface area contributed by atoms with Gasteiger partial charge in [-0.2, -0.15) is 0 Å². The Morgan fingerprint density at radius 3 is 1.87 bits per heavy atom. The fourth-order valence-electron chi connectivity index (χ4n) is 8.04. The molecule has 214 valence electrons. The zero-order valence-electron chi connectivity index (χ0n) is 23.0. The standard InChI is InChI=1S/C32H43N3O2.2ClH/c36-31(32-18-27-15-28(19-32)17-29(16-27)20-32)33-30(24-37-23-26-9-5-2-6-10-26)22-35-13-11-34(12-14-35)21-25-7-3-1-4-8-25;;/h1-10,27-30H,11-24H2,(H,33,36);2*1H/t27?,28?,29?,30-,32?;;/m0../s1. The second-order valence-electron chi connectivity index (χ2n) is 12.4. The predicted octanol–water partition coefficient (Wildman–Crippen LogP) is 5.57. The summed E-state index contributed by atoms with van der Waals surface area (Å²) in [5.74, 6) is 2.66. The van der Waals surface area contributed by atoms with Gasteiger partial charge < -0.3 is 10.1 Å². The zero-order valence-corrected chi connectivity index (χ0v) is 24.6. The first-order valence-corrected chi connectivity index (χ1v) is 14.5. The Kier molecular flexibility index (Phi) is 10.8. The van der Waals surface area contributed by atoms with E-state index < -0.39 is 0 Å². The highest BCUT2D eigenvalue weighted by atomic mass is 35.5. The Morgan fingerprint density at radius 2 is 1.31 bits per heavy atom. The van der Waals surface area contributed by atoms with Gasteiger partial charge in [-0.3, -0.25) is 14.6 Å². The van der Waals surface area contributed by atoms with Crippen molar-refractivity contribution < 1.29 is 9.53 Å². The summed E-state index contributed by atoms with van der Waals surface area (Å²) < 4.78 is 6.19. The maximum atomic E-state index is 13.8. The Balaban J connectivity index is 0.00000176. The number of carbonyl (C=O) groups is 1. The number of amides is 1. The molecule has 1 heterocycles. The first-order chi connectivity index (χ1) is 18.1. The number of rotatable bonds is 10. The fourth-order valence-corrected chi connectivity index (χ4v) is 8.04. The first kappa shape index (κ1) is 30.3. The third kappa shape index (κ3) is 7.56. The van der Waals surface area contributed by atoms with Gasteiger partial charge in [0.2, 0.25) is 5.91 Å². The van der Waals surface area contributed by atoms with Gasteiger partial charge in [-0.15, -0.1) is 24.8 Å². The number of hydrogen-bond acceptors (Lipinski definition) is 4. The Hall–Kier alpha value is -1.63. The molecule has 0 spiro atoms. The Morgan fingerprint density at radius 1 is 0.795 bits per heavy atom. The van der Waals surface area contributed by atoms with E-state index in [1.54, 1.807) is 0 Å². The molecule has 2 aromatic carbocycles. The monoisotopic (exact) mass is 573 g/mol. The smallest absolute Gasteiger partial charge is 0.226 e. The minimum atomic E-state index is -0.110. The molecule has 5 fully saturated rings. The summed E-state index contributed by atoms with van der Waals surface area (Å²) in [4.78, 5) is 18.9. The maximum absolute atomic E-state index is 13.8. The Labute approximate surface area is 246 Å². The minimum absolute atomic E-state index is 0. The molecule has 7 rings (SSSR count). The molecule has 5 aliphatic rings. The second-order valence-corrected chi connectivity index (χ2v) is 12.4. The summed E-state index contributed by atoms with van der Waals surface area (Å²) >= 11 is 0. The van der Waals surface area contributed by atoms with Gasteiger partial charge >= 0.3 is 0 Å². The lowest BCUT2D eigenvalue weighted by Crippen LogP contribution is -2.58. The molecule has 0 radical (unpaired) electrons. The maximum Gasteiger partial charge on any atom is 0.226 e. The van der Waals surface area contributed by atoms with E-state index in [-0.39, 0.29) is 36.3 Å². The Bertz CT molecular complexity index is 995. The third-order valence-electron chi connectivity index (χ3n) is 9.48. The van der Waals surface area contributed by atoms with Crippen LogP contribution in [0.3, 0.4) is 0 Å². The van der Waals surface area contributed by atoms with Gasteiger partial charge in [-0.25, -0.2) is 0 Å². The average molecular weight is 575 g/mol. The van der Waals surface area contributed by atoms with Crippen LogP contribution in [0.15, 0.2) is 60.7 Å². The van der Waals surface area contributed by atoms with E-state index in [2.05, 4.69) is 69.7 Å². The van der Waals surface area contributed by atoms with Crippen molar-refractivity contribution in [2.24, 2.45) is 23.2 Å². The van der Waals surface area contributed by atoms with E-state index in [1.165, 1.54) is 30.4 Å². The van der Waals surface area contributed by atoms with Gasteiger partial charge in [0.05, 0.1) is 19.3 Å². The molecule has 39 heavy (non-hydrogen) atoms. The third-order valence-corrected chi connectivity index (χ3v) is 9.48. The van der Waals surface area contributed by atoms with Crippen molar-refractivity contribution >= 4 is 30.7 Å². The SMILES string of the molecule is Cl.Cl.O=C(N[C@H](COCc1ccccc1)CN1CCN(Cc2ccccc2)CC1)C12CC3CC(CC(C3)C1)C2. The molecule has 4 bridgehead atoms. The number of nitrogens with one attached hydrogen (secondary N) is 1. The van der Waals surface area contributed by atoms with E-state index in [0.29, 0.717) is 19.1 Å². The fraction of sp³-hybridized carbons (Fsp3) is 0.594. The van der Waals surface area contributed by atoms with Crippen LogP contribution in [0.25, 0.3) is 0 Å². The molecule has 1 saturated heterocycles. The van der Waals surface area contributed by atoms with E-state index in [0.717, 1.165) is 76.3 Å². The van der Waals surface area contributed by atoms with Crippen molar-refractivity contribution in [3.63, 3.8) is 0 Å². The quantitative estimate of drug-likeness (QED) is 0.404. The van der Waals surface area contributed by atoms with Crippen LogP contribution in [0.2, 0.25) is 0 Å². The van der Waals surface area contributed by atoms with E-state index in [4.69, 9.17) is 4.74 Å². The van der Waals surface area contributed by atoms with Crippen molar-refractivity contribution in [1.29, 1.82) is 0 Å². The van der Waals surface area contributed by atoms with E-state index in [9.17, 15) is 4.79 Å². The number of halogens is 2. The van der Waals surface area contributed by atoms with Crippen LogP contribution >= 0.6 is 24.8 Å². The van der Waals surface area contributed by atoms with Gasteiger partial charge in [0.15, 0.2) is 0 Å². The minimum Gasteiger partial charge on any atom is -0.375 e. The van der Waals surface area contributed by atoms with Gasteiger partial charge in [0.25, 0.3) is 0 Å². The van der Waals surface area contributed by atoms with E-state index in [1.807, 2.05) is 6.07 Å². The van der Waals surface area contributed by atoms with Crippen molar-refractivity contribution in [3.8, 4) is 0 Å². The molecule has 5 nitrogen and oxygen atoms in total. The number of piperazine rings is 1. The lowest BCUT2D eigenvalue weighted by atomic mass is 9.49. The molecule has 0 unspecified atom stereocenters. The number of carbonyl (C=O) groups excluding carboxylic acids is 1. The highest BCUT2D eigenvalue weighted by molar-refractivity contribution is 5.85. The normalized spacial score (nSPS) is 28.8. The van der Waals surface area contributed by atoms with Crippen LogP contribution < -0.4 is 5.32 Å². The van der Waals surface area contributed by atoms with Crippen molar-refractivity contribution in [3.05, 3.63) is 71.8 Å². The average Bonchev–Trinajstić information content (AvgIpc) is 2.90. The molecule has 4 aliphatic carbocycles. The highest BCUT2D eigenvalue weighted by Gasteiger charge is 2.54. The van der Waals surface area contributed by atoms with Crippen LogP contribution in [-0.4, -0.2) is 61.1 Å². The molecular weight excluding hydrogens is 529 g/mol. The van der Waals surface area contributed by atoms with Crippen LogP contribution in [0.4, 0.5) is 0 Å². The molecule has 1 aliphatic heterocycles. The predicted molar refractivity (Wildman–Crippen MR) is 161 cm³/mol. The molecule has 1 N–H and O–H groups in total. The van der Waals surface area contributed by atoms with Crippen LogP contribution in [-0.2, 0) is 22.7 Å². The first-order valence-electron chi connectivity index (χ1n) is 14.5. The number of hydrogen-bond donors (Lipinski definition) is 1. The molecule has 4 saturated carbocycles. The summed E-state index contributed by atoms with van der Waals surface area (Å²) in [6, 6.07) is 21.2. The van der Waals surface area contributed by atoms with Crippen LogP contribution in [0, 0.1) is 23.2 Å². The summed E-state index contributed by atoms with van der Waals surface area (Å²) in [5.41, 5.74) is 2.45. The van der Waals surface area contributed by atoms with Gasteiger partial charge in [0.1, 0.15) is 0 Å². The lowest BCUT2D eigenvalue weighted by molar-refractivity contribution is -0.147. The van der Waals surface area contributed by atoms with Crippen molar-refractivity contribution in [2.45, 2.75) is 57.7 Å². The summed E-state index contributed by atoms with van der Waals surface area (Å²) in [7, 11) is 0. The highest BCUT2D eigenvalue weighted by Crippen LogP contribution is 2.60. The molecule has 0 aromatic heterocycles. The van der Waals surface area contributed by atoms with Gasteiger partial charge in [-0.05, 0) is 67.4 Å². The number of nitrogens with zero attached hydrogens (tertiary/aromatic N) is 2. The molecule has 1 amide bonds. The van der Waals surface area contributed by atoms with Gasteiger partial charge in [-0.1, -0.05) is 60.7 Å². The number of ether oxygens (including phenoxy) is 1. The largest absolute Gasteiger partial charge is 0.375 e. The number of benzene rings is 2. The van der Waals surface area contributed by atoms with E-state index >= 15 is 0 Å². The van der Waals surface area contributed by atoms with Crippen LogP contribution in [0.5, 0.6) is 0 Å². The summed E-state index contributed by atoms with van der Waals surface area (Å²) in [6.45, 7) is 7.25. The van der Waals surface area contributed by atoms with Crippen LogP contribution in [0.1, 0.15) is 49.7 Å². The van der Waals surface area contributed by atoms with Crippen molar-refractivity contribution in [1.82, 2.24) is 15.1 Å².